The van der Waals surface area contributed by atoms with Crippen LogP contribution in [0.1, 0.15) is 18.4 Å². The van der Waals surface area contributed by atoms with Crippen LogP contribution in [-0.2, 0) is 13.0 Å². The van der Waals surface area contributed by atoms with Crippen LogP contribution in [0.25, 0.3) is 22.8 Å². The standard InChI is InChI=1S/C18H16N6O/c1-2-13-8-10-15(11-9-13)18-20-23-24(21-18)12-16-19-17(22-25-16)14-6-4-3-5-7-14/h3-11H,2,12H2,1H3. The molecule has 0 saturated heterocycles. The van der Waals surface area contributed by atoms with Crippen LogP contribution in [-0.4, -0.2) is 30.3 Å². The minimum atomic E-state index is 0.278. The molecule has 2 aromatic carbocycles. The molecule has 0 N–H and O–H groups in total. The van der Waals surface area contributed by atoms with E-state index in [0.29, 0.717) is 17.5 Å². The summed E-state index contributed by atoms with van der Waals surface area (Å²) < 4.78 is 5.28. The number of aryl methyl sites for hydroxylation is 1. The molecule has 0 saturated carbocycles. The van der Waals surface area contributed by atoms with E-state index in [4.69, 9.17) is 4.52 Å². The van der Waals surface area contributed by atoms with Crippen molar-refractivity contribution in [2.75, 3.05) is 0 Å². The lowest BCUT2D eigenvalue weighted by molar-refractivity contribution is 0.356. The maximum Gasteiger partial charge on any atom is 0.250 e. The van der Waals surface area contributed by atoms with E-state index in [-0.39, 0.29) is 6.54 Å². The van der Waals surface area contributed by atoms with Gasteiger partial charge >= 0.3 is 0 Å². The molecule has 0 aliphatic rings. The fourth-order valence-electron chi connectivity index (χ4n) is 2.46. The van der Waals surface area contributed by atoms with Gasteiger partial charge in [0.2, 0.25) is 11.6 Å². The lowest BCUT2D eigenvalue weighted by atomic mass is 10.1. The van der Waals surface area contributed by atoms with Gasteiger partial charge in [-0.3, -0.25) is 0 Å². The number of benzene rings is 2. The summed E-state index contributed by atoms with van der Waals surface area (Å²) in [6.45, 7) is 2.40. The van der Waals surface area contributed by atoms with Gasteiger partial charge in [0, 0.05) is 11.1 Å². The summed E-state index contributed by atoms with van der Waals surface area (Å²) in [5.74, 6) is 1.56. The Morgan fingerprint density at radius 2 is 1.68 bits per heavy atom. The molecule has 0 aliphatic carbocycles. The molecule has 2 heterocycles. The molecular weight excluding hydrogens is 316 g/mol. The van der Waals surface area contributed by atoms with Gasteiger partial charge in [-0.25, -0.2) is 0 Å². The van der Waals surface area contributed by atoms with Gasteiger partial charge in [-0.05, 0) is 17.2 Å². The molecular formula is C18H16N6O. The summed E-state index contributed by atoms with van der Waals surface area (Å²) in [6.07, 6.45) is 1.00. The van der Waals surface area contributed by atoms with Crippen LogP contribution in [0.4, 0.5) is 0 Å². The summed E-state index contributed by atoms with van der Waals surface area (Å²) in [7, 11) is 0. The Labute approximate surface area is 144 Å². The Morgan fingerprint density at radius 3 is 2.44 bits per heavy atom. The maximum atomic E-state index is 5.28. The predicted octanol–water partition coefficient (Wildman–Crippen LogP) is 3.00. The number of rotatable bonds is 5. The van der Waals surface area contributed by atoms with Crippen LogP contribution in [0.3, 0.4) is 0 Å². The molecule has 124 valence electrons. The Morgan fingerprint density at radius 1 is 0.920 bits per heavy atom. The molecule has 0 fully saturated rings. The van der Waals surface area contributed by atoms with Crippen molar-refractivity contribution in [2.45, 2.75) is 19.9 Å². The summed E-state index contributed by atoms with van der Waals surface area (Å²) in [5.41, 5.74) is 3.11. The first-order chi connectivity index (χ1) is 12.3. The molecule has 0 atom stereocenters. The first-order valence-corrected chi connectivity index (χ1v) is 8.07. The molecule has 4 aromatic rings. The first kappa shape index (κ1) is 15.2. The second kappa shape index (κ2) is 6.64. The van der Waals surface area contributed by atoms with Crippen LogP contribution < -0.4 is 0 Å². The fraction of sp³-hybridized carbons (Fsp3) is 0.167. The summed E-state index contributed by atoms with van der Waals surface area (Å²) in [4.78, 5) is 5.82. The molecule has 0 bridgehead atoms. The Balaban J connectivity index is 1.50. The van der Waals surface area contributed by atoms with Crippen molar-refractivity contribution in [2.24, 2.45) is 0 Å². The molecule has 0 aliphatic heterocycles. The molecule has 7 nitrogen and oxygen atoms in total. The second-order valence-electron chi connectivity index (χ2n) is 5.57. The van der Waals surface area contributed by atoms with Crippen LogP contribution in [0.2, 0.25) is 0 Å². The maximum absolute atomic E-state index is 5.28. The second-order valence-corrected chi connectivity index (χ2v) is 5.57. The van der Waals surface area contributed by atoms with Crippen LogP contribution in [0, 0.1) is 0 Å². The third kappa shape index (κ3) is 3.30. The largest absolute Gasteiger partial charge is 0.337 e. The van der Waals surface area contributed by atoms with Crippen molar-refractivity contribution < 1.29 is 4.52 Å². The zero-order valence-corrected chi connectivity index (χ0v) is 13.7. The molecule has 0 radical (unpaired) electrons. The van der Waals surface area contributed by atoms with E-state index >= 15 is 0 Å². The van der Waals surface area contributed by atoms with Gasteiger partial charge in [0.05, 0.1) is 0 Å². The van der Waals surface area contributed by atoms with Crippen LogP contribution in [0.15, 0.2) is 59.1 Å². The fourth-order valence-corrected chi connectivity index (χ4v) is 2.46. The van der Waals surface area contributed by atoms with E-state index < -0.39 is 0 Å². The zero-order valence-electron chi connectivity index (χ0n) is 13.7. The van der Waals surface area contributed by atoms with Crippen molar-refractivity contribution in [3.8, 4) is 22.8 Å². The Bertz CT molecular complexity index is 959. The zero-order chi connectivity index (χ0) is 17.1. The third-order valence-corrected chi connectivity index (χ3v) is 3.85. The van der Waals surface area contributed by atoms with E-state index in [2.05, 4.69) is 44.6 Å². The molecule has 0 unspecified atom stereocenters. The van der Waals surface area contributed by atoms with Gasteiger partial charge < -0.3 is 4.52 Å². The number of nitrogens with zero attached hydrogens (tertiary/aromatic N) is 6. The van der Waals surface area contributed by atoms with Crippen molar-refractivity contribution in [3.63, 3.8) is 0 Å². The number of hydrogen-bond acceptors (Lipinski definition) is 6. The highest BCUT2D eigenvalue weighted by atomic mass is 16.5. The van der Waals surface area contributed by atoms with E-state index in [9.17, 15) is 0 Å². The van der Waals surface area contributed by atoms with Gasteiger partial charge in [-0.1, -0.05) is 66.7 Å². The topological polar surface area (TPSA) is 82.5 Å². The molecule has 7 heteroatoms. The monoisotopic (exact) mass is 332 g/mol. The summed E-state index contributed by atoms with van der Waals surface area (Å²) in [6, 6.07) is 17.8. The number of hydrogen-bond donors (Lipinski definition) is 0. The average molecular weight is 332 g/mol. The highest BCUT2D eigenvalue weighted by Crippen LogP contribution is 2.16. The molecule has 4 rings (SSSR count). The lowest BCUT2D eigenvalue weighted by Gasteiger charge is -1.97. The summed E-state index contributed by atoms with van der Waals surface area (Å²) >= 11 is 0. The van der Waals surface area contributed by atoms with Gasteiger partial charge in [-0.2, -0.15) is 9.78 Å². The van der Waals surface area contributed by atoms with Crippen molar-refractivity contribution in [3.05, 3.63) is 66.1 Å². The van der Waals surface area contributed by atoms with Gasteiger partial charge in [0.1, 0.15) is 6.54 Å². The SMILES string of the molecule is CCc1ccc(-c2nnn(Cc3nc(-c4ccccc4)no3)n2)cc1. The molecule has 25 heavy (non-hydrogen) atoms. The van der Waals surface area contributed by atoms with E-state index in [1.807, 2.05) is 42.5 Å². The lowest BCUT2D eigenvalue weighted by Crippen LogP contribution is -2.04. The van der Waals surface area contributed by atoms with Gasteiger partial charge in [0.15, 0.2) is 0 Å². The Kier molecular flexibility index (Phi) is 4.04. The van der Waals surface area contributed by atoms with Crippen molar-refractivity contribution in [1.29, 1.82) is 0 Å². The van der Waals surface area contributed by atoms with Crippen molar-refractivity contribution >= 4 is 0 Å². The minimum absolute atomic E-state index is 0.278. The van der Waals surface area contributed by atoms with Gasteiger partial charge in [-0.15, -0.1) is 10.2 Å². The van der Waals surface area contributed by atoms with E-state index in [1.165, 1.54) is 10.4 Å². The summed E-state index contributed by atoms with van der Waals surface area (Å²) in [5, 5.41) is 16.5. The molecule has 0 spiro atoms. The van der Waals surface area contributed by atoms with Gasteiger partial charge in [0.25, 0.3) is 5.89 Å². The predicted molar refractivity (Wildman–Crippen MR) is 91.5 cm³/mol. The first-order valence-electron chi connectivity index (χ1n) is 8.07. The normalized spacial score (nSPS) is 10.9. The van der Waals surface area contributed by atoms with Crippen LogP contribution in [0.5, 0.6) is 0 Å². The van der Waals surface area contributed by atoms with E-state index in [1.54, 1.807) is 0 Å². The number of tetrazole rings is 1. The molecule has 0 amide bonds. The van der Waals surface area contributed by atoms with E-state index in [0.717, 1.165) is 17.5 Å². The number of aromatic nitrogens is 6. The smallest absolute Gasteiger partial charge is 0.250 e. The highest BCUT2D eigenvalue weighted by molar-refractivity contribution is 5.54. The van der Waals surface area contributed by atoms with Crippen molar-refractivity contribution in [1.82, 2.24) is 30.3 Å². The van der Waals surface area contributed by atoms with Crippen LogP contribution >= 0.6 is 0 Å². The average Bonchev–Trinajstić information content (AvgIpc) is 3.33. The third-order valence-electron chi connectivity index (χ3n) is 3.85. The molecule has 2 aromatic heterocycles. The quantitative estimate of drug-likeness (QED) is 0.559. The Hall–Kier alpha value is -3.35. The minimum Gasteiger partial charge on any atom is -0.337 e. The highest BCUT2D eigenvalue weighted by Gasteiger charge is 2.12.